The molecule has 1 unspecified atom stereocenters. The highest BCUT2D eigenvalue weighted by atomic mass is 19.4. The normalized spacial score (nSPS) is 20.9. The predicted octanol–water partition coefficient (Wildman–Crippen LogP) is 2.12. The minimum Gasteiger partial charge on any atom is -0.480 e. The Balaban J connectivity index is 2.86. The van der Waals surface area contributed by atoms with E-state index in [4.69, 9.17) is 5.11 Å². The van der Waals surface area contributed by atoms with Crippen LogP contribution in [0.4, 0.5) is 13.2 Å². The van der Waals surface area contributed by atoms with Crippen molar-refractivity contribution in [2.75, 3.05) is 13.1 Å². The lowest BCUT2D eigenvalue weighted by Crippen LogP contribution is -2.56. The van der Waals surface area contributed by atoms with Gasteiger partial charge in [0.25, 0.3) is 0 Å². The molecule has 0 heterocycles. The van der Waals surface area contributed by atoms with Crippen molar-refractivity contribution < 1.29 is 23.1 Å². The summed E-state index contributed by atoms with van der Waals surface area (Å²) in [4.78, 5) is 12.2. The van der Waals surface area contributed by atoms with Gasteiger partial charge in [0.05, 0.1) is 6.54 Å². The van der Waals surface area contributed by atoms with Crippen LogP contribution in [-0.2, 0) is 4.79 Å². The predicted molar refractivity (Wildman–Crippen MR) is 52.1 cm³/mol. The van der Waals surface area contributed by atoms with Crippen molar-refractivity contribution in [3.8, 4) is 0 Å². The number of alkyl halides is 3. The van der Waals surface area contributed by atoms with E-state index in [1.165, 1.54) is 6.92 Å². The molecule has 1 N–H and O–H groups in total. The van der Waals surface area contributed by atoms with E-state index in [1.807, 2.05) is 0 Å². The second-order valence-electron chi connectivity index (χ2n) is 4.36. The van der Waals surface area contributed by atoms with Gasteiger partial charge in [-0.05, 0) is 32.2 Å². The smallest absolute Gasteiger partial charge is 0.401 e. The third-order valence-electron chi connectivity index (χ3n) is 3.21. The fraction of sp³-hybridized carbons (Fsp3) is 0.900. The van der Waals surface area contributed by atoms with Crippen molar-refractivity contribution in [2.24, 2.45) is 5.92 Å². The molecule has 0 saturated heterocycles. The van der Waals surface area contributed by atoms with Crippen LogP contribution in [-0.4, -0.2) is 40.8 Å². The Morgan fingerprint density at radius 2 is 1.94 bits per heavy atom. The number of nitrogens with zero attached hydrogens (tertiary/aromatic N) is 1. The SMILES string of the molecule is CCN(CC(F)(F)F)C(C)(C(=O)O)C1CC1. The summed E-state index contributed by atoms with van der Waals surface area (Å²) in [6.07, 6.45) is -2.98. The number of halogens is 3. The van der Waals surface area contributed by atoms with Gasteiger partial charge in [-0.3, -0.25) is 9.69 Å². The summed E-state index contributed by atoms with van der Waals surface area (Å²) < 4.78 is 37.0. The van der Waals surface area contributed by atoms with Crippen LogP contribution in [0.3, 0.4) is 0 Å². The molecule has 0 spiro atoms. The first-order valence-electron chi connectivity index (χ1n) is 5.27. The van der Waals surface area contributed by atoms with E-state index in [2.05, 4.69) is 0 Å². The van der Waals surface area contributed by atoms with Crippen LogP contribution in [0.1, 0.15) is 26.7 Å². The molecule has 0 aliphatic heterocycles. The lowest BCUT2D eigenvalue weighted by Gasteiger charge is -2.37. The molecule has 94 valence electrons. The van der Waals surface area contributed by atoms with Gasteiger partial charge in [0.15, 0.2) is 0 Å². The molecule has 0 radical (unpaired) electrons. The molecular formula is C10H16F3NO2. The Bertz CT molecular complexity index is 276. The van der Waals surface area contributed by atoms with Crippen molar-refractivity contribution in [2.45, 2.75) is 38.4 Å². The summed E-state index contributed by atoms with van der Waals surface area (Å²) in [7, 11) is 0. The van der Waals surface area contributed by atoms with Gasteiger partial charge < -0.3 is 5.11 Å². The number of rotatable bonds is 5. The fourth-order valence-electron chi connectivity index (χ4n) is 2.03. The Kier molecular flexibility index (Phi) is 3.52. The molecule has 6 heteroatoms. The van der Waals surface area contributed by atoms with Crippen molar-refractivity contribution >= 4 is 5.97 Å². The molecular weight excluding hydrogens is 223 g/mol. The number of hydrogen-bond donors (Lipinski definition) is 1. The second-order valence-corrected chi connectivity index (χ2v) is 4.36. The van der Waals surface area contributed by atoms with Crippen molar-refractivity contribution in [3.05, 3.63) is 0 Å². The Labute approximate surface area is 92.2 Å². The molecule has 3 nitrogen and oxygen atoms in total. The molecule has 1 atom stereocenters. The zero-order valence-corrected chi connectivity index (χ0v) is 9.34. The molecule has 1 saturated carbocycles. The summed E-state index contributed by atoms with van der Waals surface area (Å²) >= 11 is 0. The van der Waals surface area contributed by atoms with E-state index in [0.717, 1.165) is 4.90 Å². The highest BCUT2D eigenvalue weighted by molar-refractivity contribution is 5.79. The van der Waals surface area contributed by atoms with Crippen LogP contribution in [0.2, 0.25) is 0 Å². The molecule has 1 aliphatic rings. The second kappa shape index (κ2) is 4.24. The topological polar surface area (TPSA) is 40.5 Å². The number of carboxylic acid groups (broad SMARTS) is 1. The van der Waals surface area contributed by atoms with Gasteiger partial charge in [-0.1, -0.05) is 6.92 Å². The number of carboxylic acids is 1. The third-order valence-corrected chi connectivity index (χ3v) is 3.21. The third kappa shape index (κ3) is 2.66. The minimum atomic E-state index is -4.36. The van der Waals surface area contributed by atoms with Crippen molar-refractivity contribution in [3.63, 3.8) is 0 Å². The maximum Gasteiger partial charge on any atom is 0.401 e. The van der Waals surface area contributed by atoms with Crippen molar-refractivity contribution in [1.29, 1.82) is 0 Å². The largest absolute Gasteiger partial charge is 0.480 e. The van der Waals surface area contributed by atoms with Crippen LogP contribution in [0.5, 0.6) is 0 Å². The van der Waals surface area contributed by atoms with E-state index < -0.39 is 24.2 Å². The lowest BCUT2D eigenvalue weighted by atomic mass is 9.93. The van der Waals surface area contributed by atoms with Gasteiger partial charge in [-0.25, -0.2) is 0 Å². The van der Waals surface area contributed by atoms with E-state index in [0.29, 0.717) is 12.8 Å². The molecule has 0 amide bonds. The van der Waals surface area contributed by atoms with Gasteiger partial charge >= 0.3 is 12.1 Å². The van der Waals surface area contributed by atoms with E-state index in [9.17, 15) is 18.0 Å². The molecule has 1 rings (SSSR count). The van der Waals surface area contributed by atoms with Gasteiger partial charge in [0, 0.05) is 0 Å². The zero-order chi connectivity index (χ0) is 12.6. The monoisotopic (exact) mass is 239 g/mol. The highest BCUT2D eigenvalue weighted by Crippen LogP contribution is 2.44. The quantitative estimate of drug-likeness (QED) is 0.799. The Morgan fingerprint density at radius 3 is 2.19 bits per heavy atom. The number of carbonyl (C=O) groups is 1. The molecule has 0 aromatic heterocycles. The summed E-state index contributed by atoms with van der Waals surface area (Å²) in [6.45, 7) is 1.86. The van der Waals surface area contributed by atoms with E-state index in [-0.39, 0.29) is 12.5 Å². The summed E-state index contributed by atoms with van der Waals surface area (Å²) in [5, 5.41) is 9.13. The van der Waals surface area contributed by atoms with Gasteiger partial charge in [0.2, 0.25) is 0 Å². The van der Waals surface area contributed by atoms with Gasteiger partial charge in [-0.2, -0.15) is 13.2 Å². The molecule has 0 bridgehead atoms. The average molecular weight is 239 g/mol. The standard InChI is InChI=1S/C10H16F3NO2/c1-3-14(6-10(11,12)13)9(2,8(15)16)7-4-5-7/h7H,3-6H2,1-2H3,(H,15,16). The Hall–Kier alpha value is -0.780. The van der Waals surface area contributed by atoms with Crippen molar-refractivity contribution in [1.82, 2.24) is 4.90 Å². The maximum atomic E-state index is 12.3. The van der Waals surface area contributed by atoms with Crippen LogP contribution in [0.25, 0.3) is 0 Å². The maximum absolute atomic E-state index is 12.3. The molecule has 1 fully saturated rings. The first kappa shape index (κ1) is 13.3. The van der Waals surface area contributed by atoms with Crippen LogP contribution in [0.15, 0.2) is 0 Å². The van der Waals surface area contributed by atoms with Crippen LogP contribution in [0, 0.1) is 5.92 Å². The molecule has 0 aromatic carbocycles. The van der Waals surface area contributed by atoms with Crippen LogP contribution < -0.4 is 0 Å². The zero-order valence-electron chi connectivity index (χ0n) is 9.34. The number of likely N-dealkylation sites (N-methyl/N-ethyl adjacent to an activating group) is 1. The fourth-order valence-corrected chi connectivity index (χ4v) is 2.03. The van der Waals surface area contributed by atoms with Crippen LogP contribution >= 0.6 is 0 Å². The summed E-state index contributed by atoms with van der Waals surface area (Å²) in [5.74, 6) is -1.33. The Morgan fingerprint density at radius 1 is 1.44 bits per heavy atom. The van der Waals surface area contributed by atoms with Gasteiger partial charge in [0.1, 0.15) is 5.54 Å². The minimum absolute atomic E-state index is 0.0822. The highest BCUT2D eigenvalue weighted by Gasteiger charge is 2.53. The van der Waals surface area contributed by atoms with Gasteiger partial charge in [-0.15, -0.1) is 0 Å². The molecule has 16 heavy (non-hydrogen) atoms. The van der Waals surface area contributed by atoms with E-state index in [1.54, 1.807) is 6.92 Å². The number of hydrogen-bond acceptors (Lipinski definition) is 2. The molecule has 1 aliphatic carbocycles. The first-order chi connectivity index (χ1) is 7.21. The average Bonchev–Trinajstić information content (AvgIpc) is 2.94. The lowest BCUT2D eigenvalue weighted by molar-refractivity contribution is -0.174. The van der Waals surface area contributed by atoms with E-state index >= 15 is 0 Å². The molecule has 0 aromatic rings. The first-order valence-corrected chi connectivity index (χ1v) is 5.27. The number of aliphatic carboxylic acids is 1. The summed E-state index contributed by atoms with van der Waals surface area (Å²) in [6, 6.07) is 0. The summed E-state index contributed by atoms with van der Waals surface area (Å²) in [5.41, 5.74) is -1.38.